The number of hydrogen-bond acceptors (Lipinski definition) is 3. The molecular formula is C29H19N3O. The van der Waals surface area contributed by atoms with Gasteiger partial charge in [-0.2, -0.15) is 0 Å². The Kier molecular flexibility index (Phi) is 3.73. The minimum Gasteiger partial charge on any atom is -0.455 e. The molecule has 4 aromatic carbocycles. The van der Waals surface area contributed by atoms with Crippen LogP contribution in [-0.2, 0) is 0 Å². The van der Waals surface area contributed by atoms with Gasteiger partial charge in [-0.05, 0) is 48.9 Å². The van der Waals surface area contributed by atoms with E-state index in [4.69, 9.17) is 14.4 Å². The van der Waals surface area contributed by atoms with Gasteiger partial charge in [0, 0.05) is 21.8 Å². The van der Waals surface area contributed by atoms with Gasteiger partial charge >= 0.3 is 0 Å². The van der Waals surface area contributed by atoms with Crippen LogP contribution < -0.4 is 0 Å². The Bertz CT molecular complexity index is 1830. The van der Waals surface area contributed by atoms with E-state index >= 15 is 0 Å². The van der Waals surface area contributed by atoms with E-state index in [2.05, 4.69) is 60.0 Å². The first-order chi connectivity index (χ1) is 16.3. The molecule has 0 N–H and O–H groups in total. The number of furan rings is 1. The van der Waals surface area contributed by atoms with Crippen molar-refractivity contribution in [1.29, 1.82) is 0 Å². The molecule has 33 heavy (non-hydrogen) atoms. The highest BCUT2D eigenvalue weighted by atomic mass is 16.3. The smallest absolute Gasteiger partial charge is 0.179 e. The van der Waals surface area contributed by atoms with E-state index in [0.717, 1.165) is 61.1 Å². The summed E-state index contributed by atoms with van der Waals surface area (Å²) in [7, 11) is 0. The molecule has 0 saturated carbocycles. The summed E-state index contributed by atoms with van der Waals surface area (Å²) >= 11 is 0. The summed E-state index contributed by atoms with van der Waals surface area (Å²) < 4.78 is 8.60. The molecule has 0 bridgehead atoms. The lowest BCUT2D eigenvalue weighted by atomic mass is 10.0. The number of aryl methyl sites for hydroxylation is 1. The van der Waals surface area contributed by atoms with Crippen LogP contribution in [-0.4, -0.2) is 14.5 Å². The van der Waals surface area contributed by atoms with Crippen molar-refractivity contribution in [2.75, 3.05) is 0 Å². The summed E-state index contributed by atoms with van der Waals surface area (Å²) in [6.45, 7) is 2.13. The molecule has 0 saturated heterocycles. The van der Waals surface area contributed by atoms with Crippen LogP contribution in [0.3, 0.4) is 0 Å². The summed E-state index contributed by atoms with van der Waals surface area (Å²) in [6.07, 6.45) is 0. The summed E-state index contributed by atoms with van der Waals surface area (Å²) in [5.74, 6) is 0.822. The quantitative estimate of drug-likeness (QED) is 0.289. The Hall–Kier alpha value is -4.44. The minimum absolute atomic E-state index is 0.720. The maximum absolute atomic E-state index is 6.41. The molecule has 4 nitrogen and oxygen atoms in total. The SMILES string of the molecule is Cc1ccc(-c2nc3nc4ccccc4cc3n2-c2ccccc2)c2oc3ccccc3c12. The fourth-order valence-corrected chi connectivity index (χ4v) is 4.80. The highest BCUT2D eigenvalue weighted by molar-refractivity contribution is 6.11. The molecule has 0 fully saturated rings. The molecule has 0 aliphatic carbocycles. The highest BCUT2D eigenvalue weighted by Crippen LogP contribution is 2.39. The highest BCUT2D eigenvalue weighted by Gasteiger charge is 2.21. The van der Waals surface area contributed by atoms with E-state index in [1.807, 2.05) is 48.5 Å². The molecule has 4 heteroatoms. The number of rotatable bonds is 2. The Morgan fingerprint density at radius 3 is 2.45 bits per heavy atom. The summed E-state index contributed by atoms with van der Waals surface area (Å²) in [5, 5.41) is 3.34. The zero-order valence-corrected chi connectivity index (χ0v) is 18.0. The first kappa shape index (κ1) is 18.2. The number of pyridine rings is 1. The van der Waals surface area contributed by atoms with Gasteiger partial charge in [-0.3, -0.25) is 4.57 Å². The van der Waals surface area contributed by atoms with Crippen molar-refractivity contribution in [3.63, 3.8) is 0 Å². The van der Waals surface area contributed by atoms with Gasteiger partial charge in [0.25, 0.3) is 0 Å². The van der Waals surface area contributed by atoms with Crippen LogP contribution in [0, 0.1) is 6.92 Å². The van der Waals surface area contributed by atoms with Crippen LogP contribution in [0.15, 0.2) is 101 Å². The van der Waals surface area contributed by atoms with E-state index in [9.17, 15) is 0 Å². The van der Waals surface area contributed by atoms with Crippen molar-refractivity contribution < 1.29 is 4.42 Å². The molecule has 0 radical (unpaired) electrons. The molecule has 0 spiro atoms. The molecular weight excluding hydrogens is 406 g/mol. The Balaban J connectivity index is 1.64. The molecule has 3 heterocycles. The van der Waals surface area contributed by atoms with E-state index in [0.29, 0.717) is 0 Å². The van der Waals surface area contributed by atoms with Gasteiger partial charge < -0.3 is 4.42 Å². The fraction of sp³-hybridized carbons (Fsp3) is 0.0345. The van der Waals surface area contributed by atoms with Gasteiger partial charge in [-0.15, -0.1) is 0 Å². The molecule has 7 aromatic rings. The molecule has 0 aliphatic rings. The van der Waals surface area contributed by atoms with Gasteiger partial charge in [-0.25, -0.2) is 9.97 Å². The molecule has 0 unspecified atom stereocenters. The van der Waals surface area contributed by atoms with Crippen molar-refractivity contribution in [2.45, 2.75) is 6.92 Å². The lowest BCUT2D eigenvalue weighted by molar-refractivity contribution is 0.669. The first-order valence-corrected chi connectivity index (χ1v) is 11.0. The normalized spacial score (nSPS) is 11.8. The van der Waals surface area contributed by atoms with E-state index in [1.54, 1.807) is 0 Å². The first-order valence-electron chi connectivity index (χ1n) is 11.0. The lowest BCUT2D eigenvalue weighted by Gasteiger charge is -2.10. The Morgan fingerprint density at radius 2 is 1.55 bits per heavy atom. The third-order valence-corrected chi connectivity index (χ3v) is 6.34. The number of benzene rings is 4. The number of para-hydroxylation sites is 3. The van der Waals surface area contributed by atoms with Crippen molar-refractivity contribution in [3.05, 3.63) is 103 Å². The van der Waals surface area contributed by atoms with Crippen molar-refractivity contribution >= 4 is 44.0 Å². The maximum atomic E-state index is 6.41. The predicted molar refractivity (Wildman–Crippen MR) is 134 cm³/mol. The van der Waals surface area contributed by atoms with Gasteiger partial charge in [0.15, 0.2) is 11.5 Å². The van der Waals surface area contributed by atoms with Gasteiger partial charge in [0.2, 0.25) is 0 Å². The topological polar surface area (TPSA) is 43.9 Å². The van der Waals surface area contributed by atoms with E-state index in [1.165, 1.54) is 5.56 Å². The predicted octanol–water partition coefficient (Wildman–Crippen LogP) is 7.45. The monoisotopic (exact) mass is 425 g/mol. The number of nitrogens with zero attached hydrogens (tertiary/aromatic N) is 3. The number of imidazole rings is 1. The molecule has 7 rings (SSSR count). The summed E-state index contributed by atoms with van der Waals surface area (Å²) in [5.41, 5.74) is 7.55. The molecule has 0 atom stereocenters. The van der Waals surface area contributed by atoms with Crippen LogP contribution in [0.25, 0.3) is 61.1 Å². The Labute approximate surface area is 189 Å². The van der Waals surface area contributed by atoms with Crippen LogP contribution in [0.1, 0.15) is 5.56 Å². The third kappa shape index (κ3) is 2.64. The van der Waals surface area contributed by atoms with Crippen molar-refractivity contribution in [1.82, 2.24) is 14.5 Å². The van der Waals surface area contributed by atoms with E-state index < -0.39 is 0 Å². The number of fused-ring (bicyclic) bond motifs is 5. The molecule has 156 valence electrons. The zero-order valence-electron chi connectivity index (χ0n) is 18.0. The molecule has 3 aromatic heterocycles. The zero-order chi connectivity index (χ0) is 21.9. The fourth-order valence-electron chi connectivity index (χ4n) is 4.80. The van der Waals surface area contributed by atoms with Gasteiger partial charge in [0.1, 0.15) is 11.2 Å². The molecule has 0 amide bonds. The number of hydrogen-bond donors (Lipinski definition) is 0. The third-order valence-electron chi connectivity index (χ3n) is 6.34. The van der Waals surface area contributed by atoms with Crippen LogP contribution >= 0.6 is 0 Å². The van der Waals surface area contributed by atoms with Crippen LogP contribution in [0.4, 0.5) is 0 Å². The second-order valence-electron chi connectivity index (χ2n) is 8.36. The minimum atomic E-state index is 0.720. The number of aromatic nitrogens is 3. The largest absolute Gasteiger partial charge is 0.455 e. The van der Waals surface area contributed by atoms with Crippen molar-refractivity contribution in [3.8, 4) is 17.1 Å². The average molecular weight is 425 g/mol. The molecule has 0 aliphatic heterocycles. The average Bonchev–Trinajstić information content (AvgIpc) is 3.42. The summed E-state index contributed by atoms with van der Waals surface area (Å²) in [6, 6.07) is 33.1. The van der Waals surface area contributed by atoms with Gasteiger partial charge in [0.05, 0.1) is 16.6 Å². The maximum Gasteiger partial charge on any atom is 0.179 e. The van der Waals surface area contributed by atoms with Crippen LogP contribution in [0.2, 0.25) is 0 Å². The second-order valence-corrected chi connectivity index (χ2v) is 8.36. The van der Waals surface area contributed by atoms with E-state index in [-0.39, 0.29) is 0 Å². The lowest BCUT2D eigenvalue weighted by Crippen LogP contribution is -1.98. The van der Waals surface area contributed by atoms with Crippen LogP contribution in [0.5, 0.6) is 0 Å². The standard InChI is InChI=1S/C29H19N3O/c1-18-15-16-22(27-26(18)21-12-6-8-14-25(21)33-27)29-31-28-24(32(29)20-10-3-2-4-11-20)17-19-9-5-7-13-23(19)30-28/h2-17H,1H3. The van der Waals surface area contributed by atoms with Gasteiger partial charge in [-0.1, -0.05) is 60.7 Å². The summed E-state index contributed by atoms with van der Waals surface area (Å²) in [4.78, 5) is 9.94. The van der Waals surface area contributed by atoms with Crippen molar-refractivity contribution in [2.24, 2.45) is 0 Å². The second kappa shape index (κ2) is 6.78. The Morgan fingerprint density at radius 1 is 0.758 bits per heavy atom.